The zero-order chi connectivity index (χ0) is 15.0. The summed E-state index contributed by atoms with van der Waals surface area (Å²) in [6.07, 6.45) is 1.50. The molecule has 2 aromatic heterocycles. The molecule has 0 spiro atoms. The number of hydrogen-bond donors (Lipinski definition) is 3. The molecular weight excluding hydrogens is 288 g/mol. The Morgan fingerprint density at radius 2 is 1.95 bits per heavy atom. The smallest absolute Gasteiger partial charge is 0.257 e. The first-order valence-electron chi connectivity index (χ1n) is 6.23. The van der Waals surface area contributed by atoms with E-state index in [-0.39, 0.29) is 11.5 Å². The van der Waals surface area contributed by atoms with E-state index < -0.39 is 0 Å². The number of aryl methyl sites for hydroxylation is 1. The average molecular weight is 300 g/mol. The van der Waals surface area contributed by atoms with E-state index in [9.17, 15) is 9.59 Å². The van der Waals surface area contributed by atoms with E-state index in [1.165, 1.54) is 22.9 Å². The molecule has 2 heterocycles. The number of anilines is 1. The standard InChI is InChI=1S/C14H12N4O2S/c1-18-7-8(2-5-12(18)19)13(20)15-9-3-4-10-11(6-9)17-14(21)16-10/h2-7H,1H3,(H,15,20)(H2,16,17,21). The minimum atomic E-state index is -0.279. The van der Waals surface area contributed by atoms with E-state index >= 15 is 0 Å². The molecule has 106 valence electrons. The fraction of sp³-hybridized carbons (Fsp3) is 0.0714. The molecular formula is C14H12N4O2S. The van der Waals surface area contributed by atoms with Gasteiger partial charge in [-0.3, -0.25) is 9.59 Å². The van der Waals surface area contributed by atoms with Crippen molar-refractivity contribution in [2.24, 2.45) is 7.05 Å². The number of rotatable bonds is 2. The summed E-state index contributed by atoms with van der Waals surface area (Å²) in [4.78, 5) is 29.5. The van der Waals surface area contributed by atoms with Crippen molar-refractivity contribution >= 4 is 34.8 Å². The van der Waals surface area contributed by atoms with Crippen LogP contribution in [0.3, 0.4) is 0 Å². The molecule has 1 amide bonds. The monoisotopic (exact) mass is 300 g/mol. The number of hydrogen-bond acceptors (Lipinski definition) is 3. The Morgan fingerprint density at radius 3 is 2.71 bits per heavy atom. The zero-order valence-electron chi connectivity index (χ0n) is 11.1. The van der Waals surface area contributed by atoms with Crippen LogP contribution in [0.25, 0.3) is 11.0 Å². The molecule has 0 fully saturated rings. The van der Waals surface area contributed by atoms with E-state index in [0.29, 0.717) is 16.0 Å². The predicted molar refractivity (Wildman–Crippen MR) is 83.1 cm³/mol. The minimum Gasteiger partial charge on any atom is -0.331 e. The van der Waals surface area contributed by atoms with Gasteiger partial charge >= 0.3 is 0 Å². The second-order valence-corrected chi connectivity index (χ2v) is 5.07. The van der Waals surface area contributed by atoms with E-state index in [0.717, 1.165) is 11.0 Å². The molecule has 0 atom stereocenters. The molecule has 0 saturated heterocycles. The third kappa shape index (κ3) is 2.63. The van der Waals surface area contributed by atoms with Crippen molar-refractivity contribution in [2.75, 3.05) is 5.32 Å². The second kappa shape index (κ2) is 5.02. The molecule has 7 heteroatoms. The first kappa shape index (κ1) is 13.3. The molecule has 0 aliphatic heterocycles. The van der Waals surface area contributed by atoms with Gasteiger partial charge in [-0.25, -0.2) is 0 Å². The maximum atomic E-state index is 12.2. The molecule has 3 aromatic rings. The summed E-state index contributed by atoms with van der Waals surface area (Å²) in [5.74, 6) is -0.279. The summed E-state index contributed by atoms with van der Waals surface area (Å²) >= 11 is 5.02. The van der Waals surface area contributed by atoms with Crippen LogP contribution >= 0.6 is 12.2 Å². The Labute approximate surface area is 124 Å². The number of aromatic amines is 2. The average Bonchev–Trinajstić information content (AvgIpc) is 2.81. The van der Waals surface area contributed by atoms with Crippen LogP contribution < -0.4 is 10.9 Å². The van der Waals surface area contributed by atoms with E-state index in [4.69, 9.17) is 12.2 Å². The number of aromatic nitrogens is 3. The zero-order valence-corrected chi connectivity index (χ0v) is 12.0. The lowest BCUT2D eigenvalue weighted by molar-refractivity contribution is 0.102. The lowest BCUT2D eigenvalue weighted by Gasteiger charge is -2.06. The van der Waals surface area contributed by atoms with Gasteiger partial charge < -0.3 is 19.9 Å². The number of amides is 1. The molecule has 0 saturated carbocycles. The maximum absolute atomic E-state index is 12.2. The third-order valence-corrected chi connectivity index (χ3v) is 3.33. The molecule has 0 radical (unpaired) electrons. The Balaban J connectivity index is 1.89. The number of nitrogens with one attached hydrogen (secondary N) is 3. The van der Waals surface area contributed by atoms with Gasteiger partial charge in [0, 0.05) is 25.0 Å². The number of carbonyl (C=O) groups excluding carboxylic acids is 1. The van der Waals surface area contributed by atoms with Crippen LogP contribution in [-0.2, 0) is 7.05 Å². The van der Waals surface area contributed by atoms with E-state index in [1.807, 2.05) is 6.07 Å². The molecule has 6 nitrogen and oxygen atoms in total. The summed E-state index contributed by atoms with van der Waals surface area (Å²) in [5.41, 5.74) is 2.59. The van der Waals surface area contributed by atoms with Crippen molar-refractivity contribution in [3.8, 4) is 0 Å². The summed E-state index contributed by atoms with van der Waals surface area (Å²) in [5, 5.41) is 2.78. The van der Waals surface area contributed by atoms with Crippen molar-refractivity contribution in [3.63, 3.8) is 0 Å². The lowest BCUT2D eigenvalue weighted by atomic mass is 10.2. The van der Waals surface area contributed by atoms with Crippen molar-refractivity contribution in [1.82, 2.24) is 14.5 Å². The third-order valence-electron chi connectivity index (χ3n) is 3.12. The number of nitrogens with zero attached hydrogens (tertiary/aromatic N) is 1. The topological polar surface area (TPSA) is 82.7 Å². The van der Waals surface area contributed by atoms with Gasteiger partial charge in [0.15, 0.2) is 4.77 Å². The second-order valence-electron chi connectivity index (χ2n) is 4.66. The van der Waals surface area contributed by atoms with Gasteiger partial charge in [0.05, 0.1) is 16.6 Å². The highest BCUT2D eigenvalue weighted by Gasteiger charge is 2.08. The molecule has 0 unspecified atom stereocenters. The molecule has 0 aliphatic carbocycles. The molecule has 0 aliphatic rings. The van der Waals surface area contributed by atoms with Crippen LogP contribution in [0.1, 0.15) is 10.4 Å². The van der Waals surface area contributed by atoms with Crippen LogP contribution in [0, 0.1) is 4.77 Å². The normalized spacial score (nSPS) is 10.7. The Hall–Kier alpha value is -2.67. The fourth-order valence-corrected chi connectivity index (χ4v) is 2.26. The molecule has 0 bridgehead atoms. The van der Waals surface area contributed by atoms with Crippen molar-refractivity contribution in [1.29, 1.82) is 0 Å². The van der Waals surface area contributed by atoms with Gasteiger partial charge in [-0.15, -0.1) is 0 Å². The van der Waals surface area contributed by atoms with Gasteiger partial charge in [-0.2, -0.15) is 0 Å². The Morgan fingerprint density at radius 1 is 1.19 bits per heavy atom. The van der Waals surface area contributed by atoms with Gasteiger partial charge in [0.1, 0.15) is 0 Å². The highest BCUT2D eigenvalue weighted by Crippen LogP contribution is 2.16. The van der Waals surface area contributed by atoms with Crippen LogP contribution in [0.4, 0.5) is 5.69 Å². The first-order valence-corrected chi connectivity index (χ1v) is 6.64. The molecule has 1 aromatic carbocycles. The maximum Gasteiger partial charge on any atom is 0.257 e. The van der Waals surface area contributed by atoms with Crippen LogP contribution in [0.15, 0.2) is 41.3 Å². The quantitative estimate of drug-likeness (QED) is 0.634. The van der Waals surface area contributed by atoms with Crippen LogP contribution in [-0.4, -0.2) is 20.4 Å². The number of benzene rings is 1. The van der Waals surface area contributed by atoms with Crippen LogP contribution in [0.5, 0.6) is 0 Å². The molecule has 3 rings (SSSR count). The van der Waals surface area contributed by atoms with Gasteiger partial charge in [0.25, 0.3) is 5.91 Å². The summed E-state index contributed by atoms with van der Waals surface area (Å²) in [6, 6.07) is 8.27. The lowest BCUT2D eigenvalue weighted by Crippen LogP contribution is -2.19. The minimum absolute atomic E-state index is 0.159. The largest absolute Gasteiger partial charge is 0.331 e. The summed E-state index contributed by atoms with van der Waals surface area (Å²) in [6.45, 7) is 0. The Bertz CT molecular complexity index is 951. The predicted octanol–water partition coefficient (Wildman–Crippen LogP) is 2.18. The number of fused-ring (bicyclic) bond motifs is 1. The van der Waals surface area contributed by atoms with Gasteiger partial charge in [-0.1, -0.05) is 0 Å². The summed E-state index contributed by atoms with van der Waals surface area (Å²) < 4.78 is 1.90. The van der Waals surface area contributed by atoms with Crippen molar-refractivity contribution in [2.45, 2.75) is 0 Å². The fourth-order valence-electron chi connectivity index (χ4n) is 2.04. The van der Waals surface area contributed by atoms with E-state index in [2.05, 4.69) is 15.3 Å². The highest BCUT2D eigenvalue weighted by atomic mass is 32.1. The highest BCUT2D eigenvalue weighted by molar-refractivity contribution is 7.71. The van der Waals surface area contributed by atoms with Crippen LogP contribution in [0.2, 0.25) is 0 Å². The summed E-state index contributed by atoms with van der Waals surface area (Å²) in [7, 11) is 1.60. The number of carbonyl (C=O) groups is 1. The van der Waals surface area contributed by atoms with Gasteiger partial charge in [-0.05, 0) is 36.5 Å². The number of pyridine rings is 1. The molecule has 21 heavy (non-hydrogen) atoms. The number of imidazole rings is 1. The van der Waals surface area contributed by atoms with Crippen molar-refractivity contribution in [3.05, 3.63) is 57.2 Å². The Kier molecular flexibility index (Phi) is 3.19. The van der Waals surface area contributed by atoms with Gasteiger partial charge in [0.2, 0.25) is 5.56 Å². The SMILES string of the molecule is Cn1cc(C(=O)Nc2ccc3[nH]c(=S)[nH]c3c2)ccc1=O. The van der Waals surface area contributed by atoms with E-state index in [1.54, 1.807) is 19.2 Å². The molecule has 3 N–H and O–H groups in total. The van der Waals surface area contributed by atoms with Crippen molar-refractivity contribution < 1.29 is 4.79 Å². The first-order chi connectivity index (χ1) is 10.0. The number of H-pyrrole nitrogens is 2.